The summed E-state index contributed by atoms with van der Waals surface area (Å²) < 4.78 is 40.2. The van der Waals surface area contributed by atoms with E-state index in [1.54, 1.807) is 7.11 Å². The van der Waals surface area contributed by atoms with Gasteiger partial charge in [0, 0.05) is 13.5 Å². The highest BCUT2D eigenvalue weighted by molar-refractivity contribution is 7.85. The van der Waals surface area contributed by atoms with Crippen molar-refractivity contribution in [3.05, 3.63) is 0 Å². The molecule has 0 aliphatic carbocycles. The summed E-state index contributed by atoms with van der Waals surface area (Å²) in [6.07, 6.45) is 6.60. The summed E-state index contributed by atoms with van der Waals surface area (Å²) in [7, 11) is -4.05. The van der Waals surface area contributed by atoms with Crippen molar-refractivity contribution >= 4 is 24.4 Å². The van der Waals surface area contributed by atoms with Gasteiger partial charge in [0.15, 0.2) is 8.32 Å². The first kappa shape index (κ1) is 22.6. The molecule has 0 aromatic carbocycles. The van der Waals surface area contributed by atoms with E-state index >= 15 is 0 Å². The predicted octanol–water partition coefficient (Wildman–Crippen LogP) is 3.39. The van der Waals surface area contributed by atoms with Crippen LogP contribution in [0.15, 0.2) is 0 Å². The third-order valence-electron chi connectivity index (χ3n) is 4.20. The number of carbonyl (C=O) groups excluding carboxylic acids is 1. The Morgan fingerprint density at radius 1 is 1.17 bits per heavy atom. The topological polar surface area (TPSA) is 89.9 Å². The number of ether oxygens (including phenoxy) is 1. The van der Waals surface area contributed by atoms with Crippen molar-refractivity contribution < 1.29 is 26.9 Å². The van der Waals surface area contributed by atoms with Gasteiger partial charge in [-0.1, -0.05) is 39.0 Å². The zero-order chi connectivity index (χ0) is 17.9. The minimum Gasteiger partial charge on any atom is -0.464 e. The van der Waals surface area contributed by atoms with Crippen molar-refractivity contribution in [3.63, 3.8) is 0 Å². The van der Waals surface area contributed by atoms with Gasteiger partial charge in [-0.25, -0.2) is 0 Å². The highest BCUT2D eigenvalue weighted by atomic mass is 32.2. The summed E-state index contributed by atoms with van der Waals surface area (Å²) in [5, 5.41) is 0. The van der Waals surface area contributed by atoms with E-state index in [1.165, 1.54) is 19.3 Å². The number of hydrogen-bond acceptors (Lipinski definition) is 5. The van der Waals surface area contributed by atoms with Crippen LogP contribution in [0.1, 0.15) is 51.9 Å². The molecule has 0 radical (unpaired) electrons. The first-order valence-electron chi connectivity index (χ1n) is 8.28. The Labute approximate surface area is 141 Å². The van der Waals surface area contributed by atoms with Crippen LogP contribution in [0, 0.1) is 0 Å². The van der Waals surface area contributed by atoms with Crippen molar-refractivity contribution in [2.75, 3.05) is 19.5 Å². The Kier molecular flexibility index (Phi) is 11.0. The molecule has 0 fully saturated rings. The lowest BCUT2D eigenvalue weighted by molar-refractivity contribution is -0.143. The van der Waals surface area contributed by atoms with Crippen LogP contribution < -0.4 is 0 Å². The van der Waals surface area contributed by atoms with Gasteiger partial charge in [0.2, 0.25) is 0 Å². The standard InChI is InChI=1S/C15H32O6SSi/c1-5-6-7-9-14(23(3,4)20-2)10-8-11-15(16)21-12-13-22(17,18)19/h14H,5-13H2,1-4H3,(H,17,18,19). The number of hydrogen-bond donors (Lipinski definition) is 1. The molecule has 0 rings (SSSR count). The minimum atomic E-state index is -4.08. The summed E-state index contributed by atoms with van der Waals surface area (Å²) >= 11 is 0. The summed E-state index contributed by atoms with van der Waals surface area (Å²) in [6, 6.07) is 0. The quantitative estimate of drug-likeness (QED) is 0.232. The Hall–Kier alpha value is -0.443. The summed E-state index contributed by atoms with van der Waals surface area (Å²) in [5.41, 5.74) is 0.504. The molecule has 0 aliphatic rings. The third kappa shape index (κ3) is 11.7. The first-order valence-corrected chi connectivity index (χ1v) is 12.9. The number of rotatable bonds is 13. The average molecular weight is 369 g/mol. The van der Waals surface area contributed by atoms with Gasteiger partial charge in [-0.15, -0.1) is 0 Å². The van der Waals surface area contributed by atoms with Crippen molar-refractivity contribution in [2.45, 2.75) is 70.5 Å². The molecular weight excluding hydrogens is 336 g/mol. The van der Waals surface area contributed by atoms with Gasteiger partial charge in [0.1, 0.15) is 12.4 Å². The highest BCUT2D eigenvalue weighted by Crippen LogP contribution is 2.33. The Bertz CT molecular complexity index is 435. The predicted molar refractivity (Wildman–Crippen MR) is 93.6 cm³/mol. The van der Waals surface area contributed by atoms with Crippen LogP contribution in [0.4, 0.5) is 0 Å². The second-order valence-corrected chi connectivity index (χ2v) is 12.4. The van der Waals surface area contributed by atoms with Crippen molar-refractivity contribution in [3.8, 4) is 0 Å². The molecule has 8 heteroatoms. The zero-order valence-corrected chi connectivity index (χ0v) is 16.7. The maximum absolute atomic E-state index is 11.6. The van der Waals surface area contributed by atoms with Gasteiger partial charge in [-0.05, 0) is 25.1 Å². The molecule has 1 N–H and O–H groups in total. The molecule has 0 heterocycles. The molecule has 0 aromatic rings. The van der Waals surface area contributed by atoms with Gasteiger partial charge in [0.25, 0.3) is 10.1 Å². The maximum Gasteiger partial charge on any atom is 0.305 e. The molecular formula is C15H32O6SSi. The van der Waals surface area contributed by atoms with Crippen molar-refractivity contribution in [1.29, 1.82) is 0 Å². The Morgan fingerprint density at radius 2 is 1.78 bits per heavy atom. The lowest BCUT2D eigenvalue weighted by Crippen LogP contribution is -2.35. The molecule has 0 saturated carbocycles. The SMILES string of the molecule is CCCCCC(CCCC(=O)OCCS(=O)(=O)O)[Si](C)(C)OC. The Morgan fingerprint density at radius 3 is 2.30 bits per heavy atom. The Balaban J connectivity index is 4.17. The van der Waals surface area contributed by atoms with E-state index in [0.29, 0.717) is 12.0 Å². The van der Waals surface area contributed by atoms with Crippen LogP contribution in [-0.2, 0) is 24.1 Å². The second kappa shape index (κ2) is 11.2. The largest absolute Gasteiger partial charge is 0.464 e. The molecule has 23 heavy (non-hydrogen) atoms. The molecule has 0 amide bonds. The van der Waals surface area contributed by atoms with E-state index in [0.717, 1.165) is 12.8 Å². The highest BCUT2D eigenvalue weighted by Gasteiger charge is 2.31. The number of unbranched alkanes of at least 4 members (excludes halogenated alkanes) is 2. The molecule has 0 aromatic heterocycles. The van der Waals surface area contributed by atoms with E-state index in [1.807, 2.05) is 0 Å². The fourth-order valence-electron chi connectivity index (χ4n) is 2.47. The molecule has 0 spiro atoms. The average Bonchev–Trinajstić information content (AvgIpc) is 2.44. The fourth-order valence-corrected chi connectivity index (χ4v) is 4.90. The normalized spacial score (nSPS) is 13.8. The van der Waals surface area contributed by atoms with E-state index < -0.39 is 30.2 Å². The van der Waals surface area contributed by atoms with Crippen LogP contribution in [-0.4, -0.2) is 46.7 Å². The van der Waals surface area contributed by atoms with Crippen molar-refractivity contribution in [2.24, 2.45) is 0 Å². The molecule has 0 aliphatic heterocycles. The summed E-state index contributed by atoms with van der Waals surface area (Å²) in [5.74, 6) is -0.972. The smallest absolute Gasteiger partial charge is 0.305 e. The van der Waals surface area contributed by atoms with E-state index in [2.05, 4.69) is 20.0 Å². The van der Waals surface area contributed by atoms with Gasteiger partial charge in [-0.2, -0.15) is 8.42 Å². The van der Waals surface area contributed by atoms with Crippen LogP contribution in [0.25, 0.3) is 0 Å². The van der Waals surface area contributed by atoms with Gasteiger partial charge in [-0.3, -0.25) is 9.35 Å². The third-order valence-corrected chi connectivity index (χ3v) is 8.48. The molecule has 6 nitrogen and oxygen atoms in total. The van der Waals surface area contributed by atoms with Crippen LogP contribution in [0.5, 0.6) is 0 Å². The van der Waals surface area contributed by atoms with E-state index in [-0.39, 0.29) is 13.0 Å². The van der Waals surface area contributed by atoms with E-state index in [9.17, 15) is 13.2 Å². The van der Waals surface area contributed by atoms with Crippen LogP contribution in [0.3, 0.4) is 0 Å². The maximum atomic E-state index is 11.6. The molecule has 1 unspecified atom stereocenters. The summed E-state index contributed by atoms with van der Waals surface area (Å²) in [6.45, 7) is 6.29. The van der Waals surface area contributed by atoms with Crippen LogP contribution in [0.2, 0.25) is 18.6 Å². The summed E-state index contributed by atoms with van der Waals surface area (Å²) in [4.78, 5) is 11.6. The van der Waals surface area contributed by atoms with Gasteiger partial charge >= 0.3 is 5.97 Å². The number of carbonyl (C=O) groups is 1. The zero-order valence-electron chi connectivity index (χ0n) is 14.8. The van der Waals surface area contributed by atoms with Gasteiger partial charge < -0.3 is 9.16 Å². The fraction of sp³-hybridized carbons (Fsp3) is 0.933. The van der Waals surface area contributed by atoms with Crippen molar-refractivity contribution in [1.82, 2.24) is 0 Å². The van der Waals surface area contributed by atoms with Gasteiger partial charge in [0.05, 0.1) is 0 Å². The monoisotopic (exact) mass is 368 g/mol. The first-order chi connectivity index (χ1) is 10.6. The molecule has 138 valence electrons. The van der Waals surface area contributed by atoms with Crippen LogP contribution >= 0.6 is 0 Å². The molecule has 1 atom stereocenters. The molecule has 0 bridgehead atoms. The van der Waals surface area contributed by atoms with E-state index in [4.69, 9.17) is 13.7 Å². The lowest BCUT2D eigenvalue weighted by atomic mass is 10.1. The number of esters is 1. The molecule has 0 saturated heterocycles. The minimum absolute atomic E-state index is 0.268. The second-order valence-electron chi connectivity index (χ2n) is 6.40. The lowest BCUT2D eigenvalue weighted by Gasteiger charge is -2.31.